The minimum Gasteiger partial charge on any atom is -0.461 e. The van der Waals surface area contributed by atoms with E-state index in [9.17, 15) is 9.59 Å². The second-order valence-electron chi connectivity index (χ2n) is 5.09. The number of furan rings is 1. The van der Waals surface area contributed by atoms with Gasteiger partial charge in [-0.3, -0.25) is 9.59 Å². The lowest BCUT2D eigenvalue weighted by Gasteiger charge is -2.35. The highest BCUT2D eigenvalue weighted by Crippen LogP contribution is 2.22. The van der Waals surface area contributed by atoms with Crippen molar-refractivity contribution in [2.75, 3.05) is 20.3 Å². The number of piperidine rings is 1. The Morgan fingerprint density at radius 1 is 1.45 bits per heavy atom. The molecule has 2 heterocycles. The highest BCUT2D eigenvalue weighted by Gasteiger charge is 2.31. The van der Waals surface area contributed by atoms with Crippen molar-refractivity contribution in [2.24, 2.45) is 0 Å². The molecule has 1 aliphatic heterocycles. The summed E-state index contributed by atoms with van der Waals surface area (Å²) in [7, 11) is 1.67. The van der Waals surface area contributed by atoms with E-state index < -0.39 is 11.7 Å². The average Bonchev–Trinajstić information content (AvgIpc) is 3.01. The Morgan fingerprint density at radius 3 is 3.00 bits per heavy atom. The van der Waals surface area contributed by atoms with Crippen LogP contribution in [0.1, 0.15) is 42.7 Å². The van der Waals surface area contributed by atoms with E-state index in [4.69, 9.17) is 9.15 Å². The quantitative estimate of drug-likeness (QED) is 0.455. The molecule has 0 saturated carbocycles. The number of carbonyl (C=O) groups excluding carboxylic acids is 2. The van der Waals surface area contributed by atoms with Crippen molar-refractivity contribution >= 4 is 11.7 Å². The second-order valence-corrected chi connectivity index (χ2v) is 5.09. The van der Waals surface area contributed by atoms with E-state index in [-0.39, 0.29) is 11.8 Å². The molecule has 0 radical (unpaired) electrons. The molecule has 1 saturated heterocycles. The number of amides is 1. The van der Waals surface area contributed by atoms with Crippen LogP contribution in [-0.4, -0.2) is 42.9 Å². The molecule has 5 heteroatoms. The standard InChI is InChI=1S/C15H21NO4/c1-19-10-4-7-12-6-2-3-9-16(12)15(18)14(17)13-8-5-11-20-13/h5,8,11-12H,2-4,6-7,9-10H2,1H3. The Kier molecular flexibility index (Phi) is 5.35. The Labute approximate surface area is 118 Å². The molecule has 5 nitrogen and oxygen atoms in total. The smallest absolute Gasteiger partial charge is 0.298 e. The van der Waals surface area contributed by atoms with Crippen molar-refractivity contribution in [3.8, 4) is 0 Å². The molecular formula is C15H21NO4. The number of likely N-dealkylation sites (tertiary alicyclic amines) is 1. The van der Waals surface area contributed by atoms with Crippen LogP contribution < -0.4 is 0 Å². The lowest BCUT2D eigenvalue weighted by atomic mass is 9.97. The van der Waals surface area contributed by atoms with Gasteiger partial charge in [0.1, 0.15) is 0 Å². The molecule has 0 spiro atoms. The summed E-state index contributed by atoms with van der Waals surface area (Å²) in [5.41, 5.74) is 0. The lowest BCUT2D eigenvalue weighted by molar-refractivity contribution is -0.130. The van der Waals surface area contributed by atoms with Crippen LogP contribution in [0.5, 0.6) is 0 Å². The number of methoxy groups -OCH3 is 1. The van der Waals surface area contributed by atoms with Gasteiger partial charge < -0.3 is 14.1 Å². The van der Waals surface area contributed by atoms with E-state index in [0.717, 1.165) is 32.1 Å². The fourth-order valence-corrected chi connectivity index (χ4v) is 2.67. The van der Waals surface area contributed by atoms with Crippen molar-refractivity contribution in [3.63, 3.8) is 0 Å². The molecule has 0 bridgehead atoms. The van der Waals surface area contributed by atoms with Gasteiger partial charge in [-0.05, 0) is 44.2 Å². The van der Waals surface area contributed by atoms with Crippen LogP contribution in [0, 0.1) is 0 Å². The highest BCUT2D eigenvalue weighted by molar-refractivity contribution is 6.42. The molecule has 0 N–H and O–H groups in total. The number of hydrogen-bond donors (Lipinski definition) is 0. The molecule has 1 fully saturated rings. The number of ketones is 1. The fraction of sp³-hybridized carbons (Fsp3) is 0.600. The Morgan fingerprint density at radius 2 is 2.30 bits per heavy atom. The number of carbonyl (C=O) groups is 2. The summed E-state index contributed by atoms with van der Waals surface area (Å²) in [6.45, 7) is 1.34. The van der Waals surface area contributed by atoms with Gasteiger partial charge in [0.2, 0.25) is 0 Å². The molecule has 1 atom stereocenters. The van der Waals surface area contributed by atoms with Gasteiger partial charge in [-0.1, -0.05) is 0 Å². The summed E-state index contributed by atoms with van der Waals surface area (Å²) < 4.78 is 10.1. The highest BCUT2D eigenvalue weighted by atomic mass is 16.5. The summed E-state index contributed by atoms with van der Waals surface area (Å²) >= 11 is 0. The molecule has 2 rings (SSSR count). The van der Waals surface area contributed by atoms with E-state index in [1.165, 1.54) is 12.3 Å². The largest absolute Gasteiger partial charge is 0.461 e. The van der Waals surface area contributed by atoms with E-state index >= 15 is 0 Å². The molecule has 1 aromatic heterocycles. The zero-order valence-corrected chi connectivity index (χ0v) is 11.8. The second kappa shape index (κ2) is 7.24. The zero-order chi connectivity index (χ0) is 14.4. The van der Waals surface area contributed by atoms with Gasteiger partial charge >= 0.3 is 0 Å². The predicted molar refractivity (Wildman–Crippen MR) is 73.5 cm³/mol. The zero-order valence-electron chi connectivity index (χ0n) is 11.8. The fourth-order valence-electron chi connectivity index (χ4n) is 2.67. The maximum absolute atomic E-state index is 12.3. The van der Waals surface area contributed by atoms with Crippen molar-refractivity contribution in [1.82, 2.24) is 4.90 Å². The first-order valence-electron chi connectivity index (χ1n) is 7.11. The maximum atomic E-state index is 12.3. The molecule has 0 aromatic carbocycles. The SMILES string of the molecule is COCCCC1CCCCN1C(=O)C(=O)c1ccco1. The van der Waals surface area contributed by atoms with Crippen LogP contribution in [0.3, 0.4) is 0 Å². The van der Waals surface area contributed by atoms with Crippen LogP contribution in [0.2, 0.25) is 0 Å². The van der Waals surface area contributed by atoms with E-state index in [1.54, 1.807) is 18.1 Å². The van der Waals surface area contributed by atoms with Gasteiger partial charge in [-0.2, -0.15) is 0 Å². The van der Waals surface area contributed by atoms with Crippen molar-refractivity contribution in [3.05, 3.63) is 24.2 Å². The molecule has 1 aromatic rings. The van der Waals surface area contributed by atoms with Gasteiger partial charge in [-0.25, -0.2) is 0 Å². The molecule has 110 valence electrons. The minimum atomic E-state index is -0.548. The summed E-state index contributed by atoms with van der Waals surface area (Å²) in [5, 5.41) is 0. The number of rotatable bonds is 6. The van der Waals surface area contributed by atoms with Crippen LogP contribution in [0.4, 0.5) is 0 Å². The van der Waals surface area contributed by atoms with Gasteiger partial charge in [0.15, 0.2) is 5.76 Å². The number of ether oxygens (including phenoxy) is 1. The molecule has 1 aliphatic rings. The number of nitrogens with zero attached hydrogens (tertiary/aromatic N) is 1. The molecule has 1 amide bonds. The topological polar surface area (TPSA) is 59.8 Å². The lowest BCUT2D eigenvalue weighted by Crippen LogP contribution is -2.46. The van der Waals surface area contributed by atoms with Gasteiger partial charge in [0, 0.05) is 26.3 Å². The molecule has 0 aliphatic carbocycles. The third-order valence-electron chi connectivity index (χ3n) is 3.71. The van der Waals surface area contributed by atoms with Gasteiger partial charge in [0.05, 0.1) is 6.26 Å². The Balaban J connectivity index is 1.99. The molecular weight excluding hydrogens is 258 g/mol. The summed E-state index contributed by atoms with van der Waals surface area (Å²) in [6.07, 6.45) is 6.22. The average molecular weight is 279 g/mol. The van der Waals surface area contributed by atoms with Gasteiger partial charge in [0.25, 0.3) is 11.7 Å². The monoisotopic (exact) mass is 279 g/mol. The summed E-state index contributed by atoms with van der Waals surface area (Å²) in [4.78, 5) is 26.1. The van der Waals surface area contributed by atoms with E-state index in [0.29, 0.717) is 13.2 Å². The third kappa shape index (κ3) is 3.48. The van der Waals surface area contributed by atoms with Crippen LogP contribution >= 0.6 is 0 Å². The number of hydrogen-bond acceptors (Lipinski definition) is 4. The van der Waals surface area contributed by atoms with Gasteiger partial charge in [-0.15, -0.1) is 0 Å². The molecule has 20 heavy (non-hydrogen) atoms. The summed E-state index contributed by atoms with van der Waals surface area (Å²) in [5.74, 6) is -0.869. The van der Waals surface area contributed by atoms with Crippen molar-refractivity contribution < 1.29 is 18.7 Å². The Hall–Kier alpha value is -1.62. The number of Topliss-reactive ketones (excluding diaryl/α,β-unsaturated/α-hetero) is 1. The summed E-state index contributed by atoms with van der Waals surface area (Å²) in [6, 6.07) is 3.29. The minimum absolute atomic E-state index is 0.121. The van der Waals surface area contributed by atoms with E-state index in [1.807, 2.05) is 0 Å². The molecule has 1 unspecified atom stereocenters. The first kappa shape index (κ1) is 14.8. The predicted octanol–water partition coefficient (Wildman–Crippen LogP) is 2.27. The maximum Gasteiger partial charge on any atom is 0.298 e. The normalized spacial score (nSPS) is 19.1. The van der Waals surface area contributed by atoms with Crippen molar-refractivity contribution in [1.29, 1.82) is 0 Å². The van der Waals surface area contributed by atoms with Crippen molar-refractivity contribution in [2.45, 2.75) is 38.1 Å². The van der Waals surface area contributed by atoms with Crippen LogP contribution in [-0.2, 0) is 9.53 Å². The van der Waals surface area contributed by atoms with Crippen LogP contribution in [0.25, 0.3) is 0 Å². The third-order valence-corrected chi connectivity index (χ3v) is 3.71. The Bertz CT molecular complexity index is 441. The first-order chi connectivity index (χ1) is 9.74. The van der Waals surface area contributed by atoms with E-state index in [2.05, 4.69) is 0 Å². The first-order valence-corrected chi connectivity index (χ1v) is 7.11. The van der Waals surface area contributed by atoms with Crippen LogP contribution in [0.15, 0.2) is 22.8 Å².